The number of nitrogens with one attached hydrogen (secondary N) is 1. The molecule has 0 saturated heterocycles. The van der Waals surface area contributed by atoms with Crippen molar-refractivity contribution in [2.75, 3.05) is 16.8 Å². The molecule has 1 aliphatic rings. The molecule has 0 fully saturated rings. The Labute approximate surface area is 176 Å². The maximum atomic E-state index is 9.30. The lowest BCUT2D eigenvalue weighted by Crippen LogP contribution is -2.32. The smallest absolute Gasteiger partial charge is 0.166 e. The summed E-state index contributed by atoms with van der Waals surface area (Å²) in [7, 11) is 0. The minimum absolute atomic E-state index is 0.0429. The van der Waals surface area contributed by atoms with Crippen LogP contribution in [0, 0.1) is 25.2 Å². The van der Waals surface area contributed by atoms with Crippen LogP contribution in [0.15, 0.2) is 36.5 Å². The molecule has 0 atom stereocenters. The van der Waals surface area contributed by atoms with Gasteiger partial charge in [0.25, 0.3) is 0 Å². The van der Waals surface area contributed by atoms with Crippen LogP contribution in [0.3, 0.4) is 0 Å². The second-order valence-corrected chi connectivity index (χ2v) is 7.57. The summed E-state index contributed by atoms with van der Waals surface area (Å²) in [6.07, 6.45) is 2.72. The number of rotatable bonds is 5. The highest BCUT2D eigenvalue weighted by molar-refractivity contribution is 5.55. The fourth-order valence-electron chi connectivity index (χ4n) is 3.75. The highest BCUT2D eigenvalue weighted by Gasteiger charge is 2.22. The van der Waals surface area contributed by atoms with Crippen LogP contribution in [-0.4, -0.2) is 26.8 Å². The summed E-state index contributed by atoms with van der Waals surface area (Å²) in [6.45, 7) is 6.14. The number of aromatic nitrogens is 3. The number of aliphatic hydroxyl groups is 1. The second-order valence-electron chi connectivity index (χ2n) is 7.57. The molecule has 0 bridgehead atoms. The number of hydrogen-bond donors (Lipinski definition) is 2. The Balaban J connectivity index is 1.51. The molecule has 0 unspecified atom stereocenters. The zero-order chi connectivity index (χ0) is 21.1. The minimum Gasteiger partial charge on any atom is -0.392 e. The first-order valence-corrected chi connectivity index (χ1v) is 9.98. The highest BCUT2D eigenvalue weighted by Crippen LogP contribution is 2.27. The van der Waals surface area contributed by atoms with E-state index in [0.29, 0.717) is 18.8 Å². The van der Waals surface area contributed by atoms with Gasteiger partial charge in [0.15, 0.2) is 11.5 Å². The van der Waals surface area contributed by atoms with Gasteiger partial charge >= 0.3 is 0 Å². The maximum absolute atomic E-state index is 9.30. The van der Waals surface area contributed by atoms with Crippen molar-refractivity contribution in [3.8, 4) is 6.07 Å². The third-order valence-electron chi connectivity index (χ3n) is 5.61. The molecule has 7 heteroatoms. The molecule has 3 heterocycles. The fourth-order valence-corrected chi connectivity index (χ4v) is 3.75. The average Bonchev–Trinajstić information content (AvgIpc) is 2.79. The number of nitriles is 1. The summed E-state index contributed by atoms with van der Waals surface area (Å²) in [5, 5.41) is 30.3. The van der Waals surface area contributed by atoms with Crippen molar-refractivity contribution in [1.82, 2.24) is 15.2 Å². The number of anilines is 2. The van der Waals surface area contributed by atoms with Gasteiger partial charge in [-0.15, -0.1) is 10.2 Å². The van der Waals surface area contributed by atoms with E-state index in [1.54, 1.807) is 0 Å². The first-order chi connectivity index (χ1) is 14.6. The van der Waals surface area contributed by atoms with E-state index in [2.05, 4.69) is 37.5 Å². The fraction of sp³-hybridized carbons (Fsp3) is 0.304. The number of aliphatic hydroxyl groups excluding tert-OH is 1. The summed E-state index contributed by atoms with van der Waals surface area (Å²) in [5.41, 5.74) is 7.51. The van der Waals surface area contributed by atoms with Crippen LogP contribution in [0.4, 0.5) is 11.5 Å². The van der Waals surface area contributed by atoms with Gasteiger partial charge in [-0.25, -0.2) is 0 Å². The summed E-state index contributed by atoms with van der Waals surface area (Å²) >= 11 is 0. The van der Waals surface area contributed by atoms with E-state index in [1.165, 1.54) is 5.56 Å². The van der Waals surface area contributed by atoms with Gasteiger partial charge < -0.3 is 15.3 Å². The Morgan fingerprint density at radius 3 is 2.80 bits per heavy atom. The number of fused-ring (bicyclic) bond motifs is 1. The molecule has 3 aromatic rings. The first kappa shape index (κ1) is 19.8. The number of benzene rings is 1. The van der Waals surface area contributed by atoms with Gasteiger partial charge in [0.05, 0.1) is 18.5 Å². The quantitative estimate of drug-likeness (QED) is 0.679. The van der Waals surface area contributed by atoms with Gasteiger partial charge in [-0.1, -0.05) is 24.3 Å². The summed E-state index contributed by atoms with van der Waals surface area (Å²) in [5.74, 6) is 0.830. The van der Waals surface area contributed by atoms with Crippen LogP contribution in [0.25, 0.3) is 0 Å². The molecule has 1 aliphatic heterocycles. The van der Waals surface area contributed by atoms with E-state index >= 15 is 0 Å². The summed E-state index contributed by atoms with van der Waals surface area (Å²) in [4.78, 5) is 6.86. The number of hydrogen-bond acceptors (Lipinski definition) is 7. The molecule has 152 valence electrons. The van der Waals surface area contributed by atoms with E-state index in [0.717, 1.165) is 52.4 Å². The zero-order valence-electron chi connectivity index (χ0n) is 17.2. The molecule has 1 aromatic carbocycles. The highest BCUT2D eigenvalue weighted by atomic mass is 16.3. The Kier molecular flexibility index (Phi) is 5.59. The zero-order valence-corrected chi connectivity index (χ0v) is 17.2. The maximum Gasteiger partial charge on any atom is 0.166 e. The predicted molar refractivity (Wildman–Crippen MR) is 115 cm³/mol. The summed E-state index contributed by atoms with van der Waals surface area (Å²) < 4.78 is 0. The van der Waals surface area contributed by atoms with E-state index in [9.17, 15) is 10.4 Å². The molecule has 30 heavy (non-hydrogen) atoms. The first-order valence-electron chi connectivity index (χ1n) is 9.98. The van der Waals surface area contributed by atoms with Crippen LogP contribution in [0.1, 0.15) is 39.2 Å². The lowest BCUT2D eigenvalue weighted by atomic mass is 10.0. The third kappa shape index (κ3) is 3.95. The minimum atomic E-state index is 0.0429. The van der Waals surface area contributed by atoms with Gasteiger partial charge in [0.1, 0.15) is 6.07 Å². The van der Waals surface area contributed by atoms with Gasteiger partial charge in [-0.2, -0.15) is 5.26 Å². The molecule has 0 spiro atoms. The van der Waals surface area contributed by atoms with Crippen molar-refractivity contribution in [3.63, 3.8) is 0 Å². The SMILES string of the molecule is Cc1c(C#N)nnc(N2CCc3ncc(NCc4cccc(CO)c4)cc3C2)c1C. The molecule has 0 aliphatic carbocycles. The van der Waals surface area contributed by atoms with E-state index in [-0.39, 0.29) is 6.61 Å². The third-order valence-corrected chi connectivity index (χ3v) is 5.61. The number of nitrogens with zero attached hydrogens (tertiary/aromatic N) is 5. The molecular weight excluding hydrogens is 376 g/mol. The van der Waals surface area contributed by atoms with Crippen molar-refractivity contribution in [2.45, 2.75) is 40.0 Å². The number of pyridine rings is 1. The second kappa shape index (κ2) is 8.47. The van der Waals surface area contributed by atoms with Crippen molar-refractivity contribution in [3.05, 3.63) is 75.7 Å². The average molecular weight is 400 g/mol. The molecule has 0 amide bonds. The molecule has 2 aromatic heterocycles. The summed E-state index contributed by atoms with van der Waals surface area (Å²) in [6, 6.07) is 12.1. The van der Waals surface area contributed by atoms with Crippen molar-refractivity contribution in [1.29, 1.82) is 5.26 Å². The van der Waals surface area contributed by atoms with Gasteiger partial charge in [0, 0.05) is 31.7 Å². The Bertz CT molecular complexity index is 1120. The van der Waals surface area contributed by atoms with Gasteiger partial charge in [-0.05, 0) is 47.7 Å². The molecule has 0 radical (unpaired) electrons. The predicted octanol–water partition coefficient (Wildman–Crippen LogP) is 3.03. The Morgan fingerprint density at radius 1 is 1.17 bits per heavy atom. The Morgan fingerprint density at radius 2 is 2.00 bits per heavy atom. The normalized spacial score (nSPS) is 12.9. The molecule has 7 nitrogen and oxygen atoms in total. The molecule has 2 N–H and O–H groups in total. The van der Waals surface area contributed by atoms with Crippen LogP contribution < -0.4 is 10.2 Å². The lowest BCUT2D eigenvalue weighted by molar-refractivity contribution is 0.281. The van der Waals surface area contributed by atoms with Crippen LogP contribution in [0.2, 0.25) is 0 Å². The van der Waals surface area contributed by atoms with E-state index in [1.807, 2.05) is 44.3 Å². The monoisotopic (exact) mass is 400 g/mol. The molecular formula is C23H24N6O. The largest absolute Gasteiger partial charge is 0.392 e. The molecule has 0 saturated carbocycles. The van der Waals surface area contributed by atoms with Crippen LogP contribution >= 0.6 is 0 Å². The Hall–Kier alpha value is -3.50. The van der Waals surface area contributed by atoms with Crippen molar-refractivity contribution in [2.24, 2.45) is 0 Å². The van der Waals surface area contributed by atoms with Crippen molar-refractivity contribution < 1.29 is 5.11 Å². The van der Waals surface area contributed by atoms with Crippen LogP contribution in [-0.2, 0) is 26.1 Å². The lowest BCUT2D eigenvalue weighted by Gasteiger charge is -2.30. The van der Waals surface area contributed by atoms with E-state index in [4.69, 9.17) is 0 Å². The standard InChI is InChI=1S/C23H24N6O/c1-15-16(2)23(28-27-22(15)10-24)29-7-6-21-19(13-29)9-20(12-26-21)25-11-17-4-3-5-18(8-17)14-30/h3-5,8-9,12,25,30H,6-7,11,13-14H2,1-2H3. The van der Waals surface area contributed by atoms with E-state index < -0.39 is 0 Å². The topological polar surface area (TPSA) is 98.0 Å². The van der Waals surface area contributed by atoms with Gasteiger partial charge in [-0.3, -0.25) is 4.98 Å². The van der Waals surface area contributed by atoms with Crippen LogP contribution in [0.5, 0.6) is 0 Å². The van der Waals surface area contributed by atoms with Crippen molar-refractivity contribution >= 4 is 11.5 Å². The van der Waals surface area contributed by atoms with Gasteiger partial charge in [0.2, 0.25) is 0 Å². The molecule has 4 rings (SSSR count).